The van der Waals surface area contributed by atoms with Crippen LogP contribution in [-0.4, -0.2) is 73.5 Å². The summed E-state index contributed by atoms with van der Waals surface area (Å²) in [6.07, 6.45) is 0. The largest absolute Gasteiger partial charge is 0.480 e. The van der Waals surface area contributed by atoms with Crippen molar-refractivity contribution in [2.24, 2.45) is 5.41 Å². The molecule has 23 heavy (non-hydrogen) atoms. The van der Waals surface area contributed by atoms with E-state index in [0.29, 0.717) is 0 Å². The Morgan fingerprint density at radius 1 is 0.826 bits per heavy atom. The van der Waals surface area contributed by atoms with Gasteiger partial charge in [0.1, 0.15) is 0 Å². The van der Waals surface area contributed by atoms with Crippen LogP contribution in [0.25, 0.3) is 0 Å². The first kappa shape index (κ1) is 20.8. The summed E-state index contributed by atoms with van der Waals surface area (Å²) in [4.78, 5) is 45.7. The van der Waals surface area contributed by atoms with Gasteiger partial charge < -0.3 is 30.3 Å². The van der Waals surface area contributed by atoms with Gasteiger partial charge in [-0.2, -0.15) is 0 Å². The van der Waals surface area contributed by atoms with Crippen molar-refractivity contribution < 1.29 is 38.9 Å². The molecule has 0 amide bonds. The van der Waals surface area contributed by atoms with E-state index in [4.69, 9.17) is 19.7 Å². The zero-order chi connectivity index (χ0) is 17.9. The molecule has 10 nitrogen and oxygen atoms in total. The van der Waals surface area contributed by atoms with Crippen LogP contribution in [0.1, 0.15) is 13.8 Å². The van der Waals surface area contributed by atoms with E-state index in [9.17, 15) is 19.2 Å². The molecule has 10 heteroatoms. The number of hydrogen-bond acceptors (Lipinski definition) is 8. The molecule has 0 aliphatic heterocycles. The molecule has 0 fully saturated rings. The lowest BCUT2D eigenvalue weighted by atomic mass is 9.87. The smallest absolute Gasteiger partial charge is 0.326 e. The lowest BCUT2D eigenvalue weighted by Crippen LogP contribution is -2.55. The van der Waals surface area contributed by atoms with Crippen molar-refractivity contribution in [3.8, 4) is 0 Å². The fourth-order valence-electron chi connectivity index (χ4n) is 1.74. The van der Waals surface area contributed by atoms with Crippen LogP contribution in [0.4, 0.5) is 0 Å². The number of carbonyl (C=O) groups is 4. The summed E-state index contributed by atoms with van der Waals surface area (Å²) in [5.41, 5.74) is -1.88. The van der Waals surface area contributed by atoms with E-state index in [1.807, 2.05) is 0 Å². The molecular weight excluding hydrogens is 312 g/mol. The second-order valence-corrected chi connectivity index (χ2v) is 4.52. The number of ether oxygens (including phenoxy) is 2. The Bertz CT molecular complexity index is 398. The third kappa shape index (κ3) is 7.06. The fraction of sp³-hybridized carbons (Fsp3) is 0.692. The highest BCUT2D eigenvalue weighted by molar-refractivity contribution is 6.01. The van der Waals surface area contributed by atoms with E-state index in [-0.39, 0.29) is 26.3 Å². The summed E-state index contributed by atoms with van der Waals surface area (Å²) in [7, 11) is 0. The third-order valence-corrected chi connectivity index (χ3v) is 2.74. The molecule has 0 aromatic rings. The first-order valence-corrected chi connectivity index (χ1v) is 6.99. The number of esters is 2. The molecule has 0 heterocycles. The Morgan fingerprint density at radius 2 is 1.17 bits per heavy atom. The zero-order valence-corrected chi connectivity index (χ0v) is 13.1. The lowest BCUT2D eigenvalue weighted by Gasteiger charge is -2.29. The van der Waals surface area contributed by atoms with Gasteiger partial charge in [-0.15, -0.1) is 0 Å². The maximum atomic E-state index is 12.2. The normalized spacial score (nSPS) is 10.9. The van der Waals surface area contributed by atoms with Crippen molar-refractivity contribution in [3.63, 3.8) is 0 Å². The average Bonchev–Trinajstić information content (AvgIpc) is 2.45. The zero-order valence-electron chi connectivity index (χ0n) is 13.1. The van der Waals surface area contributed by atoms with Crippen molar-refractivity contribution in [2.45, 2.75) is 13.8 Å². The van der Waals surface area contributed by atoms with Gasteiger partial charge in [0.05, 0.1) is 26.3 Å². The predicted octanol–water partition coefficient (Wildman–Crippen LogP) is -1.55. The first-order chi connectivity index (χ1) is 10.8. The molecular formula is C13H22N2O8. The Hall–Kier alpha value is -2.20. The van der Waals surface area contributed by atoms with Crippen molar-refractivity contribution in [1.29, 1.82) is 0 Å². The van der Waals surface area contributed by atoms with Crippen LogP contribution < -0.4 is 10.6 Å². The molecule has 0 aromatic heterocycles. The van der Waals surface area contributed by atoms with E-state index in [1.165, 1.54) is 0 Å². The fourth-order valence-corrected chi connectivity index (χ4v) is 1.74. The van der Waals surface area contributed by atoms with Crippen LogP contribution >= 0.6 is 0 Å². The highest BCUT2D eigenvalue weighted by Crippen LogP contribution is 2.20. The van der Waals surface area contributed by atoms with Crippen LogP contribution in [0.3, 0.4) is 0 Å². The number of carbonyl (C=O) groups excluding carboxylic acids is 2. The number of nitrogens with one attached hydrogen (secondary N) is 2. The van der Waals surface area contributed by atoms with Crippen molar-refractivity contribution in [3.05, 3.63) is 0 Å². The van der Waals surface area contributed by atoms with E-state index in [1.54, 1.807) is 13.8 Å². The Labute approximate surface area is 133 Å². The highest BCUT2D eigenvalue weighted by Gasteiger charge is 2.48. The number of carboxylic acid groups (broad SMARTS) is 2. The number of aliphatic carboxylic acids is 2. The Balaban J connectivity index is 5.31. The molecule has 0 atom stereocenters. The van der Waals surface area contributed by atoms with E-state index in [0.717, 1.165) is 0 Å². The maximum Gasteiger partial charge on any atom is 0.326 e. The maximum absolute atomic E-state index is 12.2. The quantitative estimate of drug-likeness (QED) is 0.244. The Kier molecular flexibility index (Phi) is 9.51. The van der Waals surface area contributed by atoms with Gasteiger partial charge in [-0.05, 0) is 13.8 Å². The molecule has 0 unspecified atom stereocenters. The monoisotopic (exact) mass is 334 g/mol. The molecule has 0 aliphatic carbocycles. The molecule has 0 radical (unpaired) electrons. The highest BCUT2D eigenvalue weighted by atomic mass is 16.6. The SMILES string of the molecule is CCOC(=O)C(CNCC(=O)O)(CNCC(=O)O)C(=O)OCC. The first-order valence-electron chi connectivity index (χ1n) is 6.99. The predicted molar refractivity (Wildman–Crippen MR) is 76.7 cm³/mol. The second kappa shape index (κ2) is 10.5. The summed E-state index contributed by atoms with van der Waals surface area (Å²) in [6, 6.07) is 0. The van der Waals surface area contributed by atoms with Gasteiger partial charge in [0.15, 0.2) is 5.41 Å². The minimum absolute atomic E-state index is 0.00213. The van der Waals surface area contributed by atoms with E-state index >= 15 is 0 Å². The van der Waals surface area contributed by atoms with Crippen LogP contribution in [-0.2, 0) is 28.7 Å². The van der Waals surface area contributed by atoms with Crippen LogP contribution in [0, 0.1) is 5.41 Å². The van der Waals surface area contributed by atoms with Crippen molar-refractivity contribution in [1.82, 2.24) is 10.6 Å². The molecule has 4 N–H and O–H groups in total. The van der Waals surface area contributed by atoms with Crippen molar-refractivity contribution >= 4 is 23.9 Å². The molecule has 0 bridgehead atoms. The summed E-state index contributed by atoms with van der Waals surface area (Å²) in [6.45, 7) is 1.37. The van der Waals surface area contributed by atoms with Gasteiger partial charge >= 0.3 is 23.9 Å². The molecule has 0 rings (SSSR count). The number of rotatable bonds is 12. The van der Waals surface area contributed by atoms with Gasteiger partial charge in [-0.1, -0.05) is 0 Å². The van der Waals surface area contributed by atoms with E-state index in [2.05, 4.69) is 10.6 Å². The molecule has 0 saturated carbocycles. The Morgan fingerprint density at radius 3 is 1.43 bits per heavy atom. The van der Waals surface area contributed by atoms with Crippen LogP contribution in [0.5, 0.6) is 0 Å². The minimum Gasteiger partial charge on any atom is -0.480 e. The van der Waals surface area contributed by atoms with Gasteiger partial charge in [0, 0.05) is 13.1 Å². The van der Waals surface area contributed by atoms with Gasteiger partial charge in [-0.3, -0.25) is 19.2 Å². The third-order valence-electron chi connectivity index (χ3n) is 2.74. The average molecular weight is 334 g/mol. The lowest BCUT2D eigenvalue weighted by molar-refractivity contribution is -0.172. The van der Waals surface area contributed by atoms with E-state index < -0.39 is 42.4 Å². The standard InChI is InChI=1S/C13H22N2O8/c1-3-22-11(20)13(12(21)23-4-2,7-14-5-9(16)17)8-15-6-10(18)19/h14-15H,3-8H2,1-2H3,(H,16,17)(H,18,19). The molecule has 0 aliphatic rings. The second-order valence-electron chi connectivity index (χ2n) is 4.52. The summed E-state index contributed by atoms with van der Waals surface area (Å²) in [5, 5.41) is 22.2. The summed E-state index contributed by atoms with van der Waals surface area (Å²) in [5.74, 6) is -4.20. The van der Waals surface area contributed by atoms with Gasteiger partial charge in [0.2, 0.25) is 0 Å². The molecule has 0 aromatic carbocycles. The van der Waals surface area contributed by atoms with Gasteiger partial charge in [0.25, 0.3) is 0 Å². The molecule has 0 spiro atoms. The summed E-state index contributed by atoms with van der Waals surface area (Å²) >= 11 is 0. The molecule has 0 saturated heterocycles. The minimum atomic E-state index is -1.88. The number of carboxylic acids is 2. The van der Waals surface area contributed by atoms with Crippen LogP contribution in [0.15, 0.2) is 0 Å². The molecule has 132 valence electrons. The van der Waals surface area contributed by atoms with Gasteiger partial charge in [-0.25, -0.2) is 0 Å². The number of hydrogen-bond donors (Lipinski definition) is 4. The topological polar surface area (TPSA) is 151 Å². The van der Waals surface area contributed by atoms with Crippen molar-refractivity contribution in [2.75, 3.05) is 39.4 Å². The summed E-state index contributed by atoms with van der Waals surface area (Å²) < 4.78 is 9.75. The van der Waals surface area contributed by atoms with Crippen LogP contribution in [0.2, 0.25) is 0 Å².